The van der Waals surface area contributed by atoms with Crippen LogP contribution < -0.4 is 4.74 Å². The van der Waals surface area contributed by atoms with E-state index in [0.717, 1.165) is 11.1 Å². The molecule has 2 aromatic carbocycles. The van der Waals surface area contributed by atoms with Gasteiger partial charge in [0.15, 0.2) is 5.69 Å². The fourth-order valence-electron chi connectivity index (χ4n) is 2.32. The van der Waals surface area contributed by atoms with E-state index < -0.39 is 5.97 Å². The number of carbonyl (C=O) groups excluding carboxylic acids is 1. The number of carbonyl (C=O) groups is 1. The number of aryl methyl sites for hydroxylation is 1. The van der Waals surface area contributed by atoms with Gasteiger partial charge in [0.05, 0.1) is 7.11 Å². The topological polar surface area (TPSA) is 61.6 Å². The molecular weight excluding hydrogens is 306 g/mol. The van der Waals surface area contributed by atoms with Crippen LogP contribution in [0.4, 0.5) is 0 Å². The molecule has 5 nitrogen and oxygen atoms in total. The lowest BCUT2D eigenvalue weighted by Crippen LogP contribution is -2.07. The number of methoxy groups -OCH3 is 1. The number of rotatable bonds is 5. The van der Waals surface area contributed by atoms with Gasteiger partial charge in [0.2, 0.25) is 5.89 Å². The van der Waals surface area contributed by atoms with E-state index in [1.165, 1.54) is 0 Å². The molecule has 3 aromatic rings. The third-order valence-corrected chi connectivity index (χ3v) is 3.56. The Balaban J connectivity index is 1.75. The minimum Gasteiger partial charge on any atom is -0.496 e. The highest BCUT2D eigenvalue weighted by molar-refractivity contribution is 5.88. The molecule has 122 valence electrons. The molecule has 0 saturated carbocycles. The molecule has 0 bridgehead atoms. The Morgan fingerprint density at radius 1 is 1.08 bits per heavy atom. The zero-order valence-electron chi connectivity index (χ0n) is 13.5. The van der Waals surface area contributed by atoms with E-state index in [0.29, 0.717) is 17.4 Å². The fraction of sp³-hybridized carbons (Fsp3) is 0.158. The molecule has 0 aliphatic heterocycles. The van der Waals surface area contributed by atoms with Crippen molar-refractivity contribution in [3.63, 3.8) is 0 Å². The molecular formula is C19H17NO4. The van der Waals surface area contributed by atoms with Crippen molar-refractivity contribution in [2.45, 2.75) is 13.5 Å². The van der Waals surface area contributed by atoms with Crippen molar-refractivity contribution < 1.29 is 18.7 Å². The summed E-state index contributed by atoms with van der Waals surface area (Å²) in [4.78, 5) is 16.6. The molecule has 0 saturated heterocycles. The Morgan fingerprint density at radius 3 is 2.54 bits per heavy atom. The number of esters is 1. The maximum atomic E-state index is 12.3. The second-order valence-corrected chi connectivity index (χ2v) is 5.18. The fourth-order valence-corrected chi connectivity index (χ4v) is 2.32. The van der Waals surface area contributed by atoms with Crippen LogP contribution in [0.15, 0.2) is 59.0 Å². The van der Waals surface area contributed by atoms with Gasteiger partial charge in [-0.05, 0) is 25.1 Å². The van der Waals surface area contributed by atoms with Crippen molar-refractivity contribution in [3.05, 3.63) is 71.6 Å². The molecule has 0 aliphatic rings. The highest BCUT2D eigenvalue weighted by Crippen LogP contribution is 2.23. The van der Waals surface area contributed by atoms with Crippen LogP contribution >= 0.6 is 0 Å². The number of hydrogen-bond donors (Lipinski definition) is 0. The summed E-state index contributed by atoms with van der Waals surface area (Å²) in [6.07, 6.45) is 0. The third-order valence-electron chi connectivity index (χ3n) is 3.56. The van der Waals surface area contributed by atoms with Crippen LogP contribution in [0.25, 0.3) is 11.5 Å². The van der Waals surface area contributed by atoms with Crippen LogP contribution in [0.1, 0.15) is 21.8 Å². The van der Waals surface area contributed by atoms with E-state index >= 15 is 0 Å². The monoisotopic (exact) mass is 323 g/mol. The van der Waals surface area contributed by atoms with Gasteiger partial charge in [-0.2, -0.15) is 0 Å². The van der Waals surface area contributed by atoms with Crippen molar-refractivity contribution in [2.75, 3.05) is 7.11 Å². The van der Waals surface area contributed by atoms with Gasteiger partial charge in [-0.3, -0.25) is 0 Å². The summed E-state index contributed by atoms with van der Waals surface area (Å²) in [5.41, 5.74) is 1.78. The van der Waals surface area contributed by atoms with Gasteiger partial charge in [-0.1, -0.05) is 36.4 Å². The highest BCUT2D eigenvalue weighted by atomic mass is 16.5. The lowest BCUT2D eigenvalue weighted by molar-refractivity contribution is 0.0462. The van der Waals surface area contributed by atoms with E-state index in [1.54, 1.807) is 14.0 Å². The van der Waals surface area contributed by atoms with Gasteiger partial charge in [0, 0.05) is 11.1 Å². The SMILES string of the molecule is COc1ccccc1COC(=O)c1nc(-c2ccccc2)oc1C. The predicted molar refractivity (Wildman–Crippen MR) is 88.8 cm³/mol. The summed E-state index contributed by atoms with van der Waals surface area (Å²) in [5.74, 6) is 0.979. The minimum absolute atomic E-state index is 0.107. The molecule has 0 spiro atoms. The number of oxazole rings is 1. The number of benzene rings is 2. The molecule has 0 N–H and O–H groups in total. The first-order valence-electron chi connectivity index (χ1n) is 7.51. The smallest absolute Gasteiger partial charge is 0.360 e. The highest BCUT2D eigenvalue weighted by Gasteiger charge is 2.19. The lowest BCUT2D eigenvalue weighted by atomic mass is 10.2. The quantitative estimate of drug-likeness (QED) is 0.664. The normalized spacial score (nSPS) is 10.4. The van der Waals surface area contributed by atoms with Crippen LogP contribution in [-0.2, 0) is 11.3 Å². The summed E-state index contributed by atoms with van der Waals surface area (Å²) in [5, 5.41) is 0. The van der Waals surface area contributed by atoms with Gasteiger partial charge < -0.3 is 13.9 Å². The van der Waals surface area contributed by atoms with Crippen LogP contribution in [0.2, 0.25) is 0 Å². The number of ether oxygens (including phenoxy) is 2. The second-order valence-electron chi connectivity index (χ2n) is 5.18. The molecule has 1 heterocycles. The Bertz CT molecular complexity index is 840. The summed E-state index contributed by atoms with van der Waals surface area (Å²) < 4.78 is 16.2. The van der Waals surface area contributed by atoms with Crippen LogP contribution in [0, 0.1) is 6.92 Å². The van der Waals surface area contributed by atoms with Crippen LogP contribution in [-0.4, -0.2) is 18.1 Å². The molecule has 0 amide bonds. The summed E-state index contributed by atoms with van der Waals surface area (Å²) >= 11 is 0. The van der Waals surface area contributed by atoms with E-state index in [4.69, 9.17) is 13.9 Å². The van der Waals surface area contributed by atoms with E-state index in [-0.39, 0.29) is 12.3 Å². The van der Waals surface area contributed by atoms with Crippen molar-refractivity contribution in [2.24, 2.45) is 0 Å². The average Bonchev–Trinajstić information content (AvgIpc) is 3.02. The maximum absolute atomic E-state index is 12.3. The summed E-state index contributed by atoms with van der Waals surface area (Å²) in [6.45, 7) is 1.80. The molecule has 5 heteroatoms. The second kappa shape index (κ2) is 7.00. The first kappa shape index (κ1) is 15.8. The van der Waals surface area contributed by atoms with E-state index in [1.807, 2.05) is 54.6 Å². The molecule has 24 heavy (non-hydrogen) atoms. The molecule has 0 fully saturated rings. The average molecular weight is 323 g/mol. The number of nitrogens with zero attached hydrogens (tertiary/aromatic N) is 1. The number of aromatic nitrogens is 1. The molecule has 0 unspecified atom stereocenters. The van der Waals surface area contributed by atoms with Crippen LogP contribution in [0.3, 0.4) is 0 Å². The molecule has 0 aliphatic carbocycles. The van der Waals surface area contributed by atoms with Gasteiger partial charge in [0.25, 0.3) is 0 Å². The Labute approximate surface area is 139 Å². The molecule has 3 rings (SSSR count). The van der Waals surface area contributed by atoms with Crippen molar-refractivity contribution in [1.29, 1.82) is 0 Å². The Hall–Kier alpha value is -3.08. The summed E-state index contributed by atoms with van der Waals surface area (Å²) in [7, 11) is 1.58. The Morgan fingerprint density at radius 2 is 1.79 bits per heavy atom. The Kier molecular flexibility index (Phi) is 4.61. The lowest BCUT2D eigenvalue weighted by Gasteiger charge is -2.08. The zero-order valence-corrected chi connectivity index (χ0v) is 13.5. The largest absolute Gasteiger partial charge is 0.496 e. The molecule has 0 atom stereocenters. The zero-order chi connectivity index (χ0) is 16.9. The number of para-hydroxylation sites is 1. The van der Waals surface area contributed by atoms with Crippen LogP contribution in [0.5, 0.6) is 5.75 Å². The van der Waals surface area contributed by atoms with Crippen molar-refractivity contribution in [1.82, 2.24) is 4.98 Å². The van der Waals surface area contributed by atoms with Crippen molar-refractivity contribution in [3.8, 4) is 17.2 Å². The maximum Gasteiger partial charge on any atom is 0.360 e. The van der Waals surface area contributed by atoms with Gasteiger partial charge in [-0.25, -0.2) is 9.78 Å². The first-order valence-corrected chi connectivity index (χ1v) is 7.51. The van der Waals surface area contributed by atoms with Gasteiger partial charge in [0.1, 0.15) is 18.1 Å². The standard InChI is InChI=1S/C19H17NO4/c1-13-17(20-18(24-13)14-8-4-3-5-9-14)19(21)23-12-15-10-6-7-11-16(15)22-2/h3-11H,12H2,1-2H3. The molecule has 1 aromatic heterocycles. The summed E-state index contributed by atoms with van der Waals surface area (Å²) in [6, 6.07) is 16.8. The minimum atomic E-state index is -0.524. The first-order chi connectivity index (χ1) is 11.7. The van der Waals surface area contributed by atoms with Gasteiger partial charge >= 0.3 is 5.97 Å². The van der Waals surface area contributed by atoms with Gasteiger partial charge in [-0.15, -0.1) is 0 Å². The van der Waals surface area contributed by atoms with E-state index in [2.05, 4.69) is 4.98 Å². The molecule has 0 radical (unpaired) electrons. The third kappa shape index (κ3) is 3.30. The van der Waals surface area contributed by atoms with Crippen molar-refractivity contribution >= 4 is 5.97 Å². The van der Waals surface area contributed by atoms with E-state index in [9.17, 15) is 4.79 Å². The predicted octanol–water partition coefficient (Wildman–Crippen LogP) is 4.02. The number of hydrogen-bond acceptors (Lipinski definition) is 5.